The molecule has 0 fully saturated rings. The first-order valence-corrected chi connectivity index (χ1v) is 8.16. The molecule has 3 rings (SSSR count). The molecule has 0 radical (unpaired) electrons. The Morgan fingerprint density at radius 2 is 2.00 bits per heavy atom. The Balaban J connectivity index is 1.89. The zero-order valence-corrected chi connectivity index (χ0v) is 14.5. The number of rotatable bonds is 5. The lowest BCUT2D eigenvalue weighted by Crippen LogP contribution is -2.30. The van der Waals surface area contributed by atoms with Crippen LogP contribution in [0.2, 0.25) is 0 Å². The van der Waals surface area contributed by atoms with E-state index in [9.17, 15) is 19.7 Å². The minimum atomic E-state index is -0.472. The minimum Gasteiger partial charge on any atom is -0.496 e. The first-order chi connectivity index (χ1) is 12.4. The normalized spacial score (nSPS) is 12.6. The number of non-ortho nitro benzene ring substituents is 1. The smallest absolute Gasteiger partial charge is 0.271 e. The van der Waals surface area contributed by atoms with Gasteiger partial charge in [0.1, 0.15) is 5.75 Å². The summed E-state index contributed by atoms with van der Waals surface area (Å²) in [6.07, 6.45) is 0.704. The number of fused-ring (bicyclic) bond motifs is 1. The highest BCUT2D eigenvalue weighted by atomic mass is 16.6. The van der Waals surface area contributed by atoms with Crippen molar-refractivity contribution in [2.45, 2.75) is 19.8 Å². The van der Waals surface area contributed by atoms with E-state index in [1.54, 1.807) is 29.2 Å². The molecular weight excluding hydrogens is 336 g/mol. The Bertz CT molecular complexity index is 907. The number of amides is 1. The second-order valence-electron chi connectivity index (χ2n) is 6.13. The minimum absolute atomic E-state index is 0.0420. The van der Waals surface area contributed by atoms with E-state index in [4.69, 9.17) is 4.74 Å². The Morgan fingerprint density at radius 3 is 2.65 bits per heavy atom. The summed E-state index contributed by atoms with van der Waals surface area (Å²) in [5.74, 6) is 0.244. The number of benzene rings is 2. The van der Waals surface area contributed by atoms with Gasteiger partial charge in [0.2, 0.25) is 5.91 Å². The van der Waals surface area contributed by atoms with Gasteiger partial charge in [0.05, 0.1) is 24.1 Å². The number of carbonyl (C=O) groups excluding carboxylic acids is 2. The number of Topliss-reactive ketones (excluding diaryl/α,β-unsaturated/α-hetero) is 1. The lowest BCUT2D eigenvalue weighted by molar-refractivity contribution is -0.384. The molecule has 0 atom stereocenters. The van der Waals surface area contributed by atoms with Gasteiger partial charge >= 0.3 is 0 Å². The van der Waals surface area contributed by atoms with E-state index in [-0.39, 0.29) is 23.8 Å². The summed E-state index contributed by atoms with van der Waals surface area (Å²) in [7, 11) is 1.51. The van der Waals surface area contributed by atoms with Crippen LogP contribution in [0.4, 0.5) is 11.4 Å². The van der Waals surface area contributed by atoms with Gasteiger partial charge in [-0.05, 0) is 37.1 Å². The van der Waals surface area contributed by atoms with Crippen molar-refractivity contribution >= 4 is 23.1 Å². The summed E-state index contributed by atoms with van der Waals surface area (Å²) in [6, 6.07) is 9.56. The third kappa shape index (κ3) is 3.28. The Kier molecular flexibility index (Phi) is 4.71. The molecule has 0 aliphatic carbocycles. The van der Waals surface area contributed by atoms with Crippen LogP contribution in [0.1, 0.15) is 28.4 Å². The number of methoxy groups -OCH3 is 1. The van der Waals surface area contributed by atoms with E-state index in [0.717, 1.165) is 5.56 Å². The van der Waals surface area contributed by atoms with Gasteiger partial charge in [-0.1, -0.05) is 6.07 Å². The van der Waals surface area contributed by atoms with Gasteiger partial charge in [-0.3, -0.25) is 19.7 Å². The molecule has 1 heterocycles. The lowest BCUT2D eigenvalue weighted by atomic mass is 10.0. The molecule has 7 heteroatoms. The van der Waals surface area contributed by atoms with Gasteiger partial charge in [-0.15, -0.1) is 0 Å². The number of nitro benzene ring substituents is 1. The first kappa shape index (κ1) is 17.6. The summed E-state index contributed by atoms with van der Waals surface area (Å²) in [5, 5.41) is 11.0. The van der Waals surface area contributed by atoms with Crippen LogP contribution in [0.25, 0.3) is 0 Å². The van der Waals surface area contributed by atoms with Crippen LogP contribution in [0, 0.1) is 10.1 Å². The number of nitro groups is 1. The highest BCUT2D eigenvalue weighted by Crippen LogP contribution is 2.32. The molecule has 0 saturated heterocycles. The average Bonchev–Trinajstić information content (AvgIpc) is 3.04. The van der Waals surface area contributed by atoms with Crippen molar-refractivity contribution in [3.63, 3.8) is 0 Å². The number of anilines is 1. The standard InChI is InChI=1S/C19H18N2O5/c1-12(22)14-4-6-18(26-2)15(9-14)10-19(23)20-8-7-13-3-5-16(21(24)25)11-17(13)20/h3-6,9,11H,7-8,10H2,1-2H3. The number of hydrogen-bond acceptors (Lipinski definition) is 5. The summed E-state index contributed by atoms with van der Waals surface area (Å²) >= 11 is 0. The van der Waals surface area contributed by atoms with E-state index in [1.165, 1.54) is 26.2 Å². The second-order valence-corrected chi connectivity index (χ2v) is 6.13. The molecule has 1 aliphatic heterocycles. The molecule has 1 amide bonds. The third-order valence-corrected chi connectivity index (χ3v) is 4.50. The molecule has 0 bridgehead atoms. The molecular formula is C19H18N2O5. The van der Waals surface area contributed by atoms with Crippen molar-refractivity contribution in [3.8, 4) is 5.75 Å². The fourth-order valence-corrected chi connectivity index (χ4v) is 3.13. The molecule has 2 aromatic carbocycles. The number of nitrogens with zero attached hydrogens (tertiary/aromatic N) is 2. The van der Waals surface area contributed by atoms with Gasteiger partial charge < -0.3 is 9.64 Å². The van der Waals surface area contributed by atoms with E-state index in [2.05, 4.69) is 0 Å². The highest BCUT2D eigenvalue weighted by Gasteiger charge is 2.27. The molecule has 0 spiro atoms. The van der Waals surface area contributed by atoms with E-state index < -0.39 is 4.92 Å². The third-order valence-electron chi connectivity index (χ3n) is 4.50. The van der Waals surface area contributed by atoms with Crippen LogP contribution in [0.5, 0.6) is 5.75 Å². The van der Waals surface area contributed by atoms with Gasteiger partial charge in [-0.25, -0.2) is 0 Å². The molecule has 2 aromatic rings. The average molecular weight is 354 g/mol. The molecule has 134 valence electrons. The summed E-state index contributed by atoms with van der Waals surface area (Å²) < 4.78 is 5.29. The van der Waals surface area contributed by atoms with Crippen molar-refractivity contribution < 1.29 is 19.2 Å². The second kappa shape index (κ2) is 6.95. The lowest BCUT2D eigenvalue weighted by Gasteiger charge is -2.18. The van der Waals surface area contributed by atoms with Gasteiger partial charge in [0.25, 0.3) is 5.69 Å². The predicted octanol–water partition coefficient (Wildman–Crippen LogP) is 2.94. The monoisotopic (exact) mass is 354 g/mol. The Morgan fingerprint density at radius 1 is 1.23 bits per heavy atom. The number of carbonyl (C=O) groups is 2. The van der Waals surface area contributed by atoms with Crippen molar-refractivity contribution in [2.75, 3.05) is 18.6 Å². The van der Waals surface area contributed by atoms with Crippen LogP contribution >= 0.6 is 0 Å². The number of ketones is 1. The van der Waals surface area contributed by atoms with E-state index in [0.29, 0.717) is 35.5 Å². The van der Waals surface area contributed by atoms with E-state index in [1.807, 2.05) is 0 Å². The van der Waals surface area contributed by atoms with Crippen LogP contribution < -0.4 is 9.64 Å². The van der Waals surface area contributed by atoms with Crippen molar-refractivity contribution in [1.29, 1.82) is 0 Å². The zero-order chi connectivity index (χ0) is 18.8. The SMILES string of the molecule is COc1ccc(C(C)=O)cc1CC(=O)N1CCc2ccc([N+](=O)[O-])cc21. The topological polar surface area (TPSA) is 89.8 Å². The van der Waals surface area contributed by atoms with Crippen LogP contribution in [-0.4, -0.2) is 30.3 Å². The fourth-order valence-electron chi connectivity index (χ4n) is 3.13. The fraction of sp³-hybridized carbons (Fsp3) is 0.263. The molecule has 0 unspecified atom stereocenters. The van der Waals surface area contributed by atoms with Gasteiger partial charge in [0.15, 0.2) is 5.78 Å². The maximum atomic E-state index is 12.8. The quantitative estimate of drug-likeness (QED) is 0.468. The molecule has 1 aliphatic rings. The van der Waals surface area contributed by atoms with E-state index >= 15 is 0 Å². The number of ether oxygens (including phenoxy) is 1. The van der Waals surface area contributed by atoms with Crippen molar-refractivity contribution in [3.05, 3.63) is 63.2 Å². The number of hydrogen-bond donors (Lipinski definition) is 0. The largest absolute Gasteiger partial charge is 0.496 e. The zero-order valence-electron chi connectivity index (χ0n) is 14.5. The maximum absolute atomic E-state index is 12.8. The van der Waals surface area contributed by atoms with Gasteiger partial charge in [0, 0.05) is 29.8 Å². The maximum Gasteiger partial charge on any atom is 0.271 e. The van der Waals surface area contributed by atoms with Crippen LogP contribution in [0.3, 0.4) is 0 Å². The van der Waals surface area contributed by atoms with Gasteiger partial charge in [-0.2, -0.15) is 0 Å². The highest BCUT2D eigenvalue weighted by molar-refractivity contribution is 5.98. The Hall–Kier alpha value is -3.22. The molecule has 7 nitrogen and oxygen atoms in total. The molecule has 0 aromatic heterocycles. The van der Waals surface area contributed by atoms with Crippen LogP contribution in [0.15, 0.2) is 36.4 Å². The molecule has 26 heavy (non-hydrogen) atoms. The summed E-state index contributed by atoms with van der Waals surface area (Å²) in [4.78, 5) is 36.5. The van der Waals surface area contributed by atoms with Crippen molar-refractivity contribution in [2.24, 2.45) is 0 Å². The predicted molar refractivity (Wildman–Crippen MR) is 95.9 cm³/mol. The first-order valence-electron chi connectivity index (χ1n) is 8.16. The summed E-state index contributed by atoms with van der Waals surface area (Å²) in [5.41, 5.74) is 2.56. The van der Waals surface area contributed by atoms with Crippen LogP contribution in [-0.2, 0) is 17.6 Å². The summed E-state index contributed by atoms with van der Waals surface area (Å²) in [6.45, 7) is 1.94. The Labute approximate surface area is 150 Å². The molecule has 0 saturated carbocycles. The van der Waals surface area contributed by atoms with Crippen molar-refractivity contribution in [1.82, 2.24) is 0 Å². The molecule has 0 N–H and O–H groups in total.